The normalized spacial score (nSPS) is 40.1. The Bertz CT molecular complexity index is 155. The second kappa shape index (κ2) is 2.59. The predicted octanol–water partition coefficient (Wildman–Crippen LogP) is 1.91. The molecule has 0 N–H and O–H groups in total. The molecule has 0 radical (unpaired) electrons. The number of nitrogens with zero attached hydrogens (tertiary/aromatic N) is 1. The second-order valence-corrected chi connectivity index (χ2v) is 4.17. The lowest BCUT2D eigenvalue weighted by atomic mass is 9.99. The maximum absolute atomic E-state index is 2.47. The van der Waals surface area contributed by atoms with E-state index >= 15 is 0 Å². The molecule has 2 rings (SSSR count). The van der Waals surface area contributed by atoms with Gasteiger partial charge in [0.1, 0.15) is 0 Å². The second-order valence-electron chi connectivity index (χ2n) is 3.14. The smallest absolute Gasteiger partial charge is 0.0659 e. The van der Waals surface area contributed by atoms with E-state index in [0.29, 0.717) is 0 Å². The van der Waals surface area contributed by atoms with Gasteiger partial charge in [-0.2, -0.15) is 0 Å². The van der Waals surface area contributed by atoms with Crippen LogP contribution in [-0.2, 0) is 0 Å². The van der Waals surface area contributed by atoms with Crippen molar-refractivity contribution in [3.05, 3.63) is 11.5 Å². The van der Waals surface area contributed by atoms with Crippen molar-refractivity contribution in [3.63, 3.8) is 0 Å². The highest BCUT2D eigenvalue weighted by atomic mass is 32.2. The van der Waals surface area contributed by atoms with Crippen molar-refractivity contribution < 1.29 is 0 Å². The van der Waals surface area contributed by atoms with Crippen LogP contribution in [0, 0.1) is 5.92 Å². The molecule has 1 nitrogen and oxygen atoms in total. The summed E-state index contributed by atoms with van der Waals surface area (Å²) in [6.07, 6.45) is 5.14. The monoisotopic (exact) mass is 155 g/mol. The third-order valence-electron chi connectivity index (χ3n) is 2.39. The first-order chi connectivity index (χ1) is 4.88. The summed E-state index contributed by atoms with van der Waals surface area (Å²) < 4.78 is 0. The predicted molar refractivity (Wildman–Crippen MR) is 45.9 cm³/mol. The Morgan fingerprint density at radius 3 is 3.30 bits per heavy atom. The van der Waals surface area contributed by atoms with Crippen molar-refractivity contribution in [2.75, 3.05) is 13.6 Å². The highest BCUT2D eigenvalue weighted by Gasteiger charge is 2.29. The molecule has 0 bridgehead atoms. The van der Waals surface area contributed by atoms with Crippen molar-refractivity contribution in [2.24, 2.45) is 5.92 Å². The lowest BCUT2D eigenvalue weighted by Crippen LogP contribution is -2.37. The van der Waals surface area contributed by atoms with Crippen LogP contribution in [0.4, 0.5) is 0 Å². The van der Waals surface area contributed by atoms with E-state index in [0.717, 1.165) is 11.3 Å². The van der Waals surface area contributed by atoms with E-state index < -0.39 is 0 Å². The van der Waals surface area contributed by atoms with Crippen LogP contribution in [0.3, 0.4) is 0 Å². The zero-order chi connectivity index (χ0) is 6.97. The minimum absolute atomic E-state index is 0.772. The number of hydrogen-bond donors (Lipinski definition) is 0. The Morgan fingerprint density at radius 1 is 1.60 bits per heavy atom. The molecule has 10 heavy (non-hydrogen) atoms. The van der Waals surface area contributed by atoms with Gasteiger partial charge >= 0.3 is 0 Å². The fraction of sp³-hybridized carbons (Fsp3) is 0.750. The van der Waals surface area contributed by atoms with Gasteiger partial charge < -0.3 is 0 Å². The fourth-order valence-electron chi connectivity index (χ4n) is 1.80. The maximum atomic E-state index is 2.47. The Morgan fingerprint density at radius 2 is 2.50 bits per heavy atom. The van der Waals surface area contributed by atoms with Gasteiger partial charge in [-0.25, -0.2) is 0 Å². The van der Waals surface area contributed by atoms with E-state index in [-0.39, 0.29) is 0 Å². The molecule has 0 aromatic carbocycles. The summed E-state index contributed by atoms with van der Waals surface area (Å²) >= 11 is 1.98. The number of rotatable bonds is 0. The van der Waals surface area contributed by atoms with Crippen LogP contribution in [0.15, 0.2) is 11.5 Å². The molecule has 0 amide bonds. The summed E-state index contributed by atoms with van der Waals surface area (Å²) in [6.45, 7) is 1.29. The first kappa shape index (κ1) is 6.74. The molecule has 2 atom stereocenters. The van der Waals surface area contributed by atoms with E-state index in [2.05, 4.69) is 23.4 Å². The molecule has 2 unspecified atom stereocenters. The molecule has 1 saturated heterocycles. The van der Waals surface area contributed by atoms with Crippen molar-refractivity contribution in [2.45, 2.75) is 18.2 Å². The first-order valence-corrected chi connectivity index (χ1v) is 4.84. The summed E-state index contributed by atoms with van der Waals surface area (Å²) in [5.41, 5.74) is 0. The Balaban J connectivity index is 2.07. The van der Waals surface area contributed by atoms with Crippen LogP contribution < -0.4 is 0 Å². The molecule has 1 fully saturated rings. The van der Waals surface area contributed by atoms with Gasteiger partial charge in [0.05, 0.1) is 5.37 Å². The standard InChI is InChI=1S/C8H13NS/c1-9-5-2-3-7-4-6-10-8(7)9/h4,6-8H,2-3,5H2,1H3. The molecule has 2 heteroatoms. The Kier molecular flexibility index (Phi) is 1.75. The third-order valence-corrected chi connectivity index (χ3v) is 3.70. The molecule has 56 valence electrons. The molecular formula is C8H13NS. The van der Waals surface area contributed by atoms with E-state index in [1.54, 1.807) is 0 Å². The third kappa shape index (κ3) is 0.995. The molecule has 0 aliphatic carbocycles. The van der Waals surface area contributed by atoms with Crippen LogP contribution in [0.5, 0.6) is 0 Å². The molecule has 2 aliphatic rings. The van der Waals surface area contributed by atoms with Crippen LogP contribution >= 0.6 is 11.8 Å². The average molecular weight is 155 g/mol. The number of fused-ring (bicyclic) bond motifs is 1. The Hall–Kier alpha value is 0.0500. The highest BCUT2D eigenvalue weighted by molar-refractivity contribution is 8.02. The van der Waals surface area contributed by atoms with Gasteiger partial charge in [-0.3, -0.25) is 4.90 Å². The van der Waals surface area contributed by atoms with Crippen molar-refractivity contribution >= 4 is 11.8 Å². The molecule has 2 heterocycles. The summed E-state index contributed by atoms with van der Waals surface area (Å²) in [7, 11) is 2.23. The average Bonchev–Trinajstić information content (AvgIpc) is 2.36. The van der Waals surface area contributed by atoms with E-state index in [4.69, 9.17) is 0 Å². The van der Waals surface area contributed by atoms with Gasteiger partial charge in [-0.15, -0.1) is 11.8 Å². The minimum atomic E-state index is 0.772. The minimum Gasteiger partial charge on any atom is -0.294 e. The summed E-state index contributed by atoms with van der Waals surface area (Å²) in [5.74, 6) is 0.851. The highest BCUT2D eigenvalue weighted by Crippen LogP contribution is 2.37. The molecule has 2 aliphatic heterocycles. The van der Waals surface area contributed by atoms with Gasteiger partial charge in [0, 0.05) is 5.92 Å². The summed E-state index contributed by atoms with van der Waals surface area (Å²) in [5, 5.41) is 3.03. The molecule has 0 spiro atoms. The summed E-state index contributed by atoms with van der Waals surface area (Å²) in [6, 6.07) is 0. The van der Waals surface area contributed by atoms with Gasteiger partial charge in [0.2, 0.25) is 0 Å². The maximum Gasteiger partial charge on any atom is 0.0659 e. The van der Waals surface area contributed by atoms with Crippen LogP contribution in [0.25, 0.3) is 0 Å². The fourth-order valence-corrected chi connectivity index (χ4v) is 2.99. The van der Waals surface area contributed by atoms with Crippen LogP contribution in [-0.4, -0.2) is 23.9 Å². The van der Waals surface area contributed by atoms with E-state index in [1.165, 1.54) is 19.4 Å². The molecular weight excluding hydrogens is 142 g/mol. The van der Waals surface area contributed by atoms with Crippen LogP contribution in [0.2, 0.25) is 0 Å². The topological polar surface area (TPSA) is 3.24 Å². The van der Waals surface area contributed by atoms with E-state index in [1.807, 2.05) is 11.8 Å². The lowest BCUT2D eigenvalue weighted by Gasteiger charge is -2.33. The van der Waals surface area contributed by atoms with Gasteiger partial charge in [0.25, 0.3) is 0 Å². The Labute approximate surface area is 66.5 Å². The zero-order valence-electron chi connectivity index (χ0n) is 6.29. The zero-order valence-corrected chi connectivity index (χ0v) is 7.10. The molecule has 0 aromatic heterocycles. The first-order valence-electron chi connectivity index (χ1n) is 3.90. The van der Waals surface area contributed by atoms with Crippen molar-refractivity contribution in [1.82, 2.24) is 4.90 Å². The van der Waals surface area contributed by atoms with Crippen LogP contribution in [0.1, 0.15) is 12.8 Å². The van der Waals surface area contributed by atoms with Gasteiger partial charge in [-0.05, 0) is 31.8 Å². The molecule has 0 aromatic rings. The van der Waals surface area contributed by atoms with Gasteiger partial charge in [0.15, 0.2) is 0 Å². The van der Waals surface area contributed by atoms with Crippen molar-refractivity contribution in [3.8, 4) is 0 Å². The molecule has 0 saturated carbocycles. The van der Waals surface area contributed by atoms with E-state index in [9.17, 15) is 0 Å². The SMILES string of the molecule is CN1CCCC2C=CSC21. The number of thioether (sulfide) groups is 1. The quantitative estimate of drug-likeness (QED) is 0.526. The van der Waals surface area contributed by atoms with Gasteiger partial charge in [-0.1, -0.05) is 6.08 Å². The lowest BCUT2D eigenvalue weighted by molar-refractivity contribution is 0.215. The largest absolute Gasteiger partial charge is 0.294 e. The summed E-state index contributed by atoms with van der Waals surface area (Å²) in [4.78, 5) is 2.47. The number of likely N-dealkylation sites (tertiary alicyclic amines) is 1. The number of hydrogen-bond acceptors (Lipinski definition) is 2. The number of piperidine rings is 1. The van der Waals surface area contributed by atoms with Crippen molar-refractivity contribution in [1.29, 1.82) is 0 Å².